The third kappa shape index (κ3) is 4.51. The topological polar surface area (TPSA) is 59.6 Å². The van der Waals surface area contributed by atoms with E-state index in [1.165, 1.54) is 0 Å². The molecule has 35 heavy (non-hydrogen) atoms. The molecular weight excluding hydrogens is 436 g/mol. The lowest BCUT2D eigenvalue weighted by atomic mass is 9.78. The van der Waals surface area contributed by atoms with E-state index in [1.807, 2.05) is 60.7 Å². The summed E-state index contributed by atoms with van der Waals surface area (Å²) in [6.07, 6.45) is 2.15. The van der Waals surface area contributed by atoms with Gasteiger partial charge in [-0.1, -0.05) is 55.5 Å². The van der Waals surface area contributed by atoms with Gasteiger partial charge in [0, 0.05) is 29.2 Å². The minimum atomic E-state index is -0.312. The third-order valence-electron chi connectivity index (χ3n) is 7.02. The quantitative estimate of drug-likeness (QED) is 0.414. The maximum absolute atomic E-state index is 13.9. The number of carbonyl (C=O) groups is 1. The first-order valence-electron chi connectivity index (χ1n) is 12.4. The van der Waals surface area contributed by atoms with Gasteiger partial charge in [0.05, 0.1) is 30.6 Å². The van der Waals surface area contributed by atoms with Crippen molar-refractivity contribution in [3.8, 4) is 11.5 Å². The Balaban J connectivity index is 1.62. The molecule has 1 heterocycles. The minimum absolute atomic E-state index is 0.0439. The normalized spacial score (nSPS) is 20.0. The second-order valence-electron chi connectivity index (χ2n) is 9.29. The fourth-order valence-electron chi connectivity index (χ4n) is 5.08. The van der Waals surface area contributed by atoms with Crippen molar-refractivity contribution in [2.45, 2.75) is 51.2 Å². The minimum Gasteiger partial charge on any atom is -0.496 e. The van der Waals surface area contributed by atoms with Crippen molar-refractivity contribution in [1.29, 1.82) is 0 Å². The van der Waals surface area contributed by atoms with E-state index in [2.05, 4.69) is 36.6 Å². The Kier molecular flexibility index (Phi) is 6.49. The van der Waals surface area contributed by atoms with Crippen LogP contribution in [0.4, 0.5) is 11.4 Å². The summed E-state index contributed by atoms with van der Waals surface area (Å²) in [5.74, 6) is 1.82. The molecule has 0 fully saturated rings. The molecule has 3 aromatic rings. The van der Waals surface area contributed by atoms with E-state index in [0.29, 0.717) is 6.42 Å². The number of para-hydroxylation sites is 4. The molecule has 5 rings (SSSR count). The van der Waals surface area contributed by atoms with Crippen molar-refractivity contribution in [1.82, 2.24) is 0 Å². The van der Waals surface area contributed by atoms with Crippen molar-refractivity contribution in [2.75, 3.05) is 17.7 Å². The van der Waals surface area contributed by atoms with Crippen molar-refractivity contribution >= 4 is 17.2 Å². The molecule has 2 aliphatic rings. The molecule has 3 atom stereocenters. The summed E-state index contributed by atoms with van der Waals surface area (Å²) in [5.41, 5.74) is 5.72. The van der Waals surface area contributed by atoms with Crippen LogP contribution in [0, 0.1) is 0 Å². The Hall–Kier alpha value is -3.73. The molecular formula is C30H32N2O3. The van der Waals surface area contributed by atoms with Gasteiger partial charge in [0.15, 0.2) is 5.78 Å². The maximum atomic E-state index is 13.9. The Morgan fingerprint density at radius 1 is 0.886 bits per heavy atom. The van der Waals surface area contributed by atoms with E-state index in [-0.39, 0.29) is 23.8 Å². The number of nitrogens with one attached hydrogen (secondary N) is 2. The molecule has 0 saturated carbocycles. The summed E-state index contributed by atoms with van der Waals surface area (Å²) in [6, 6.07) is 23.9. The number of allylic oxidation sites excluding steroid dienone is 1. The number of anilines is 2. The molecule has 3 unspecified atom stereocenters. The van der Waals surface area contributed by atoms with Gasteiger partial charge in [-0.05, 0) is 49.6 Å². The maximum Gasteiger partial charge on any atom is 0.163 e. The van der Waals surface area contributed by atoms with Gasteiger partial charge in [0.1, 0.15) is 11.5 Å². The zero-order valence-electron chi connectivity index (χ0n) is 20.5. The van der Waals surface area contributed by atoms with Crippen LogP contribution in [-0.4, -0.2) is 19.0 Å². The lowest BCUT2D eigenvalue weighted by Gasteiger charge is -2.31. The van der Waals surface area contributed by atoms with Gasteiger partial charge in [0.2, 0.25) is 0 Å². The lowest BCUT2D eigenvalue weighted by Crippen LogP contribution is -2.27. The number of hydrogen-bond acceptors (Lipinski definition) is 5. The second kappa shape index (κ2) is 9.87. The van der Waals surface area contributed by atoms with E-state index in [1.54, 1.807) is 7.11 Å². The number of Topliss-reactive ketones (excluding diaryl/α,β-unsaturated/α-hetero) is 1. The van der Waals surface area contributed by atoms with Crippen LogP contribution in [0.5, 0.6) is 11.5 Å². The molecule has 180 valence electrons. The van der Waals surface area contributed by atoms with Crippen LogP contribution in [0.3, 0.4) is 0 Å². The highest BCUT2D eigenvalue weighted by molar-refractivity contribution is 6.01. The van der Waals surface area contributed by atoms with Crippen LogP contribution in [0.2, 0.25) is 0 Å². The van der Waals surface area contributed by atoms with Crippen LogP contribution < -0.4 is 20.1 Å². The van der Waals surface area contributed by atoms with Gasteiger partial charge < -0.3 is 20.1 Å². The van der Waals surface area contributed by atoms with Gasteiger partial charge in [-0.15, -0.1) is 0 Å². The van der Waals surface area contributed by atoms with Crippen molar-refractivity contribution < 1.29 is 14.3 Å². The summed E-state index contributed by atoms with van der Waals surface area (Å²) in [4.78, 5) is 13.9. The highest BCUT2D eigenvalue weighted by Crippen LogP contribution is 2.47. The van der Waals surface area contributed by atoms with Crippen molar-refractivity contribution in [3.63, 3.8) is 0 Å². The largest absolute Gasteiger partial charge is 0.496 e. The number of fused-ring (bicyclic) bond motifs is 1. The van der Waals surface area contributed by atoms with E-state index in [0.717, 1.165) is 58.1 Å². The summed E-state index contributed by atoms with van der Waals surface area (Å²) in [7, 11) is 1.68. The van der Waals surface area contributed by atoms with Gasteiger partial charge in [-0.2, -0.15) is 0 Å². The first-order chi connectivity index (χ1) is 17.1. The number of ether oxygens (including phenoxy) is 2. The van der Waals surface area contributed by atoms with E-state index in [4.69, 9.17) is 9.47 Å². The van der Waals surface area contributed by atoms with Crippen LogP contribution in [-0.2, 0) is 4.79 Å². The molecule has 0 aromatic heterocycles. The van der Waals surface area contributed by atoms with E-state index >= 15 is 0 Å². The van der Waals surface area contributed by atoms with Crippen LogP contribution >= 0.6 is 0 Å². The van der Waals surface area contributed by atoms with Crippen LogP contribution in [0.15, 0.2) is 84.1 Å². The SMILES string of the molecule is CCC(C)Oc1ccccc1C1Nc2ccccc2NC2=C1C(=O)CC(c1ccccc1OC)C2. The smallest absolute Gasteiger partial charge is 0.163 e. The number of methoxy groups -OCH3 is 1. The molecule has 0 bridgehead atoms. The molecule has 0 saturated heterocycles. The number of rotatable bonds is 6. The summed E-state index contributed by atoms with van der Waals surface area (Å²) >= 11 is 0. The number of carbonyl (C=O) groups excluding carboxylic acids is 1. The molecule has 1 aliphatic carbocycles. The highest BCUT2D eigenvalue weighted by atomic mass is 16.5. The average Bonchev–Trinajstić information content (AvgIpc) is 3.05. The Labute approximate surface area is 207 Å². The Morgan fingerprint density at radius 3 is 2.29 bits per heavy atom. The number of hydrogen-bond donors (Lipinski definition) is 2. The van der Waals surface area contributed by atoms with Crippen molar-refractivity contribution in [2.24, 2.45) is 0 Å². The molecule has 0 spiro atoms. The van der Waals surface area contributed by atoms with Gasteiger partial charge >= 0.3 is 0 Å². The van der Waals surface area contributed by atoms with E-state index < -0.39 is 0 Å². The summed E-state index contributed by atoms with van der Waals surface area (Å²) < 4.78 is 11.9. The monoisotopic (exact) mass is 468 g/mol. The zero-order valence-corrected chi connectivity index (χ0v) is 20.5. The lowest BCUT2D eigenvalue weighted by molar-refractivity contribution is -0.116. The fourth-order valence-corrected chi connectivity index (χ4v) is 5.08. The predicted octanol–water partition coefficient (Wildman–Crippen LogP) is 6.85. The molecule has 5 heteroatoms. The summed E-state index contributed by atoms with van der Waals surface area (Å²) in [5, 5.41) is 7.28. The predicted molar refractivity (Wildman–Crippen MR) is 140 cm³/mol. The third-order valence-corrected chi connectivity index (χ3v) is 7.02. The fraction of sp³-hybridized carbons (Fsp3) is 0.300. The Morgan fingerprint density at radius 2 is 1.54 bits per heavy atom. The van der Waals surface area contributed by atoms with Crippen molar-refractivity contribution in [3.05, 3.63) is 95.2 Å². The first-order valence-corrected chi connectivity index (χ1v) is 12.4. The molecule has 3 aromatic carbocycles. The Bertz CT molecular complexity index is 1270. The number of benzene rings is 3. The van der Waals surface area contributed by atoms with Crippen LogP contribution in [0.1, 0.15) is 56.2 Å². The number of ketones is 1. The van der Waals surface area contributed by atoms with E-state index in [9.17, 15) is 4.79 Å². The van der Waals surface area contributed by atoms with Crippen LogP contribution in [0.25, 0.3) is 0 Å². The zero-order chi connectivity index (χ0) is 24.4. The van der Waals surface area contributed by atoms with Gasteiger partial charge in [0.25, 0.3) is 0 Å². The van der Waals surface area contributed by atoms with Gasteiger partial charge in [-0.3, -0.25) is 4.79 Å². The standard InChI is InChI=1S/C30H32N2O3/c1-4-19(2)35-28-16-10-6-12-22(28)30-29-25(31-23-13-7-8-14-24(23)32-30)17-20(18-26(29)33)21-11-5-9-15-27(21)34-3/h5-16,19-20,30-32H,4,17-18H2,1-3H3. The molecule has 5 nitrogen and oxygen atoms in total. The van der Waals surface area contributed by atoms with Gasteiger partial charge in [-0.25, -0.2) is 0 Å². The summed E-state index contributed by atoms with van der Waals surface area (Å²) in [6.45, 7) is 4.18. The molecule has 0 radical (unpaired) electrons. The molecule has 1 aliphatic heterocycles. The second-order valence-corrected chi connectivity index (χ2v) is 9.29. The highest BCUT2D eigenvalue weighted by Gasteiger charge is 2.37. The molecule has 2 N–H and O–H groups in total. The average molecular weight is 469 g/mol. The molecule has 0 amide bonds. The first kappa shape index (κ1) is 23.0.